The van der Waals surface area contributed by atoms with Crippen molar-refractivity contribution in [2.45, 2.75) is 55.9 Å². The highest BCUT2D eigenvalue weighted by atomic mass is 32.2. The molecule has 2 nitrogen and oxygen atoms in total. The molecule has 0 aromatic rings. The van der Waals surface area contributed by atoms with Gasteiger partial charge >= 0.3 is 0 Å². The Morgan fingerprint density at radius 2 is 2.08 bits per heavy atom. The van der Waals surface area contributed by atoms with Gasteiger partial charge in [0, 0.05) is 5.25 Å². The molecule has 0 aromatic heterocycles. The Hall–Kier alpha value is 0.270. The van der Waals surface area contributed by atoms with Gasteiger partial charge in [0.1, 0.15) is 0 Å². The molecule has 0 radical (unpaired) electrons. The van der Waals surface area contributed by atoms with Gasteiger partial charge in [-0.2, -0.15) is 0 Å². The third-order valence-corrected chi connectivity index (χ3v) is 4.34. The fraction of sp³-hybridized carbons (Fsp3) is 1.00. The van der Waals surface area contributed by atoms with E-state index in [4.69, 9.17) is 4.74 Å². The van der Waals surface area contributed by atoms with E-state index in [9.17, 15) is 0 Å². The normalized spacial score (nSPS) is 46.6. The van der Waals surface area contributed by atoms with Crippen LogP contribution in [0.25, 0.3) is 0 Å². The smallest absolute Gasteiger partial charge is 0.0826 e. The van der Waals surface area contributed by atoms with Gasteiger partial charge in [-0.1, -0.05) is 6.92 Å². The zero-order valence-electron chi connectivity index (χ0n) is 8.45. The molecule has 2 aliphatic heterocycles. The molecule has 0 saturated carbocycles. The minimum absolute atomic E-state index is 0.461. The van der Waals surface area contributed by atoms with Crippen LogP contribution in [-0.2, 0) is 4.74 Å². The lowest BCUT2D eigenvalue weighted by molar-refractivity contribution is 0.0487. The third kappa shape index (κ3) is 2.39. The van der Waals surface area contributed by atoms with Gasteiger partial charge in [-0.15, -0.1) is 11.8 Å². The summed E-state index contributed by atoms with van der Waals surface area (Å²) in [6.07, 6.45) is 4.70. The maximum Gasteiger partial charge on any atom is 0.0826 e. The van der Waals surface area contributed by atoms with Crippen molar-refractivity contribution >= 4 is 11.8 Å². The molecule has 4 unspecified atom stereocenters. The van der Waals surface area contributed by atoms with E-state index < -0.39 is 0 Å². The highest BCUT2D eigenvalue weighted by molar-refractivity contribution is 8.00. The van der Waals surface area contributed by atoms with Gasteiger partial charge in [-0.05, 0) is 32.7 Å². The van der Waals surface area contributed by atoms with Crippen LogP contribution in [0.5, 0.6) is 0 Å². The molecule has 2 rings (SSSR count). The van der Waals surface area contributed by atoms with Crippen LogP contribution in [-0.4, -0.2) is 29.4 Å². The molecule has 0 spiro atoms. The average Bonchev–Trinajstić information content (AvgIpc) is 2.52. The summed E-state index contributed by atoms with van der Waals surface area (Å²) in [5, 5.41) is 4.90. The molecule has 0 bridgehead atoms. The fourth-order valence-corrected chi connectivity index (χ4v) is 3.41. The van der Waals surface area contributed by atoms with Crippen molar-refractivity contribution in [2.75, 3.05) is 6.54 Å². The number of thioether (sulfide) groups is 1. The van der Waals surface area contributed by atoms with Crippen LogP contribution in [0.15, 0.2) is 0 Å². The van der Waals surface area contributed by atoms with Gasteiger partial charge in [0.05, 0.1) is 17.6 Å². The Balaban J connectivity index is 1.85. The second-order valence-corrected chi connectivity index (χ2v) is 5.76. The van der Waals surface area contributed by atoms with Crippen LogP contribution in [0.3, 0.4) is 0 Å². The predicted molar refractivity (Wildman–Crippen MR) is 57.0 cm³/mol. The Kier molecular flexibility index (Phi) is 3.17. The monoisotopic (exact) mass is 201 g/mol. The molecule has 2 aliphatic rings. The lowest BCUT2D eigenvalue weighted by Gasteiger charge is -2.31. The van der Waals surface area contributed by atoms with Gasteiger partial charge in [0.2, 0.25) is 0 Å². The molecule has 0 amide bonds. The average molecular weight is 201 g/mol. The maximum absolute atomic E-state index is 5.87. The second-order valence-electron chi connectivity index (χ2n) is 4.17. The lowest BCUT2D eigenvalue weighted by atomic mass is 10.2. The van der Waals surface area contributed by atoms with Crippen molar-refractivity contribution in [3.05, 3.63) is 0 Å². The molecular weight excluding hydrogens is 182 g/mol. The molecule has 0 aromatic carbocycles. The number of nitrogens with one attached hydrogen (secondary N) is 1. The molecule has 2 saturated heterocycles. The SMILES string of the molecule is CC1CCC(C2NCCC(C)S2)O1. The summed E-state index contributed by atoms with van der Waals surface area (Å²) in [6.45, 7) is 5.65. The van der Waals surface area contributed by atoms with Gasteiger partial charge in [0.25, 0.3) is 0 Å². The Morgan fingerprint density at radius 1 is 1.23 bits per heavy atom. The topological polar surface area (TPSA) is 21.3 Å². The highest BCUT2D eigenvalue weighted by Crippen LogP contribution is 2.32. The quantitative estimate of drug-likeness (QED) is 0.701. The predicted octanol–water partition coefficient (Wildman–Crippen LogP) is 2.00. The largest absolute Gasteiger partial charge is 0.373 e. The third-order valence-electron chi connectivity index (χ3n) is 2.88. The fourth-order valence-electron chi connectivity index (χ4n) is 2.07. The van der Waals surface area contributed by atoms with Gasteiger partial charge in [-0.3, -0.25) is 0 Å². The molecule has 76 valence electrons. The van der Waals surface area contributed by atoms with E-state index in [0.717, 1.165) is 11.8 Å². The van der Waals surface area contributed by atoms with E-state index in [1.54, 1.807) is 0 Å². The van der Waals surface area contributed by atoms with Crippen molar-refractivity contribution in [2.24, 2.45) is 0 Å². The lowest BCUT2D eigenvalue weighted by Crippen LogP contribution is -2.42. The van der Waals surface area contributed by atoms with E-state index in [1.807, 2.05) is 11.8 Å². The standard InChI is InChI=1S/C10H19NOS/c1-7-3-4-9(12-7)10-11-6-5-8(2)13-10/h7-11H,3-6H2,1-2H3. The minimum Gasteiger partial charge on any atom is -0.373 e. The highest BCUT2D eigenvalue weighted by Gasteiger charge is 2.32. The first-order valence-electron chi connectivity index (χ1n) is 5.30. The van der Waals surface area contributed by atoms with Crippen LogP contribution >= 0.6 is 11.8 Å². The molecule has 4 atom stereocenters. The summed E-state index contributed by atoms with van der Waals surface area (Å²) in [5.74, 6) is 0. The van der Waals surface area contributed by atoms with Crippen molar-refractivity contribution in [3.8, 4) is 0 Å². The first-order valence-corrected chi connectivity index (χ1v) is 6.24. The minimum atomic E-state index is 0.461. The Morgan fingerprint density at radius 3 is 2.69 bits per heavy atom. The molecular formula is C10H19NOS. The first kappa shape index (κ1) is 9.81. The molecule has 2 fully saturated rings. The Bertz CT molecular complexity index is 176. The number of hydrogen-bond donors (Lipinski definition) is 1. The van der Waals surface area contributed by atoms with Crippen LogP contribution in [0.1, 0.15) is 33.1 Å². The summed E-state index contributed by atoms with van der Waals surface area (Å²) in [4.78, 5) is 0. The summed E-state index contributed by atoms with van der Waals surface area (Å²) in [7, 11) is 0. The number of rotatable bonds is 1. The zero-order chi connectivity index (χ0) is 9.26. The van der Waals surface area contributed by atoms with Gasteiger partial charge in [0.15, 0.2) is 0 Å². The molecule has 3 heteroatoms. The Labute approximate surface area is 84.8 Å². The van der Waals surface area contributed by atoms with Crippen LogP contribution in [0.2, 0.25) is 0 Å². The number of ether oxygens (including phenoxy) is 1. The summed E-state index contributed by atoms with van der Waals surface area (Å²) < 4.78 is 5.87. The molecule has 2 heterocycles. The van der Waals surface area contributed by atoms with Gasteiger partial charge < -0.3 is 10.1 Å². The molecule has 0 aliphatic carbocycles. The zero-order valence-corrected chi connectivity index (χ0v) is 9.27. The van der Waals surface area contributed by atoms with Crippen LogP contribution in [0, 0.1) is 0 Å². The summed E-state index contributed by atoms with van der Waals surface area (Å²) >= 11 is 2.05. The van der Waals surface area contributed by atoms with Crippen molar-refractivity contribution in [3.63, 3.8) is 0 Å². The first-order chi connectivity index (χ1) is 6.25. The van der Waals surface area contributed by atoms with Crippen LogP contribution in [0.4, 0.5) is 0 Å². The van der Waals surface area contributed by atoms with Crippen LogP contribution < -0.4 is 5.32 Å². The van der Waals surface area contributed by atoms with E-state index in [-0.39, 0.29) is 0 Å². The molecule has 13 heavy (non-hydrogen) atoms. The van der Waals surface area contributed by atoms with Crippen molar-refractivity contribution < 1.29 is 4.74 Å². The summed E-state index contributed by atoms with van der Waals surface area (Å²) in [5.41, 5.74) is 0. The van der Waals surface area contributed by atoms with E-state index in [2.05, 4.69) is 19.2 Å². The van der Waals surface area contributed by atoms with Crippen molar-refractivity contribution in [1.82, 2.24) is 5.32 Å². The number of hydrogen-bond acceptors (Lipinski definition) is 3. The summed E-state index contributed by atoms with van der Waals surface area (Å²) in [6, 6.07) is 0. The van der Waals surface area contributed by atoms with E-state index in [1.165, 1.54) is 19.3 Å². The van der Waals surface area contributed by atoms with Gasteiger partial charge in [-0.25, -0.2) is 0 Å². The van der Waals surface area contributed by atoms with E-state index >= 15 is 0 Å². The van der Waals surface area contributed by atoms with E-state index in [0.29, 0.717) is 17.6 Å². The maximum atomic E-state index is 5.87. The molecule has 1 N–H and O–H groups in total. The van der Waals surface area contributed by atoms with Crippen molar-refractivity contribution in [1.29, 1.82) is 0 Å². The second kappa shape index (κ2) is 4.20.